The van der Waals surface area contributed by atoms with Crippen LogP contribution in [0.1, 0.15) is 35.5 Å². The Balaban J connectivity index is 1.82. The quantitative estimate of drug-likeness (QED) is 0.420. The van der Waals surface area contributed by atoms with Crippen LogP contribution in [0, 0.1) is 19.3 Å². The average molecular weight is 433 g/mol. The zero-order chi connectivity index (χ0) is 23.4. The number of hydrogen-bond donors (Lipinski definition) is 2. The van der Waals surface area contributed by atoms with E-state index in [1.54, 1.807) is 30.3 Å². The fourth-order valence-corrected chi connectivity index (χ4v) is 3.40. The van der Waals surface area contributed by atoms with Gasteiger partial charge in [-0.25, -0.2) is 9.79 Å². The molecular formula is C24H28N6O2. The van der Waals surface area contributed by atoms with Gasteiger partial charge in [0.25, 0.3) is 0 Å². The third kappa shape index (κ3) is 4.91. The molecule has 2 heterocycles. The number of benzene rings is 1. The Hall–Kier alpha value is -3.81. The minimum Gasteiger partial charge on any atom is -0.377 e. The summed E-state index contributed by atoms with van der Waals surface area (Å²) in [7, 11) is 1.64. The molecule has 1 aliphatic heterocycles. The number of amidine groups is 2. The minimum absolute atomic E-state index is 0.0534. The molecule has 8 nitrogen and oxygen atoms in total. The fraction of sp³-hybridized carbons (Fsp3) is 0.292. The van der Waals surface area contributed by atoms with E-state index in [2.05, 4.69) is 15.3 Å². The molecule has 1 fully saturated rings. The highest BCUT2D eigenvalue weighted by molar-refractivity contribution is 6.18. The van der Waals surface area contributed by atoms with Crippen molar-refractivity contribution in [2.75, 3.05) is 30.4 Å². The summed E-state index contributed by atoms with van der Waals surface area (Å²) in [6.07, 6.45) is 3.60. The number of anilines is 2. The largest absolute Gasteiger partial charge is 0.377 e. The monoisotopic (exact) mass is 432 g/mol. The molecule has 1 aromatic carbocycles. The summed E-state index contributed by atoms with van der Waals surface area (Å²) < 4.78 is 0. The van der Waals surface area contributed by atoms with E-state index >= 15 is 0 Å². The Labute approximate surface area is 188 Å². The maximum Gasteiger partial charge on any atom is 0.330 e. The van der Waals surface area contributed by atoms with Crippen molar-refractivity contribution in [3.63, 3.8) is 0 Å². The molecule has 0 spiro atoms. The number of amides is 2. The first-order valence-corrected chi connectivity index (χ1v) is 10.4. The molecule has 2 aromatic rings. The van der Waals surface area contributed by atoms with Crippen LogP contribution in [0.4, 0.5) is 16.2 Å². The molecule has 0 unspecified atom stereocenters. The molecule has 1 aliphatic rings. The van der Waals surface area contributed by atoms with Crippen LogP contribution in [0.25, 0.3) is 0 Å². The highest BCUT2D eigenvalue weighted by Gasteiger charge is 2.33. The maximum atomic E-state index is 13.2. The lowest BCUT2D eigenvalue weighted by Gasteiger charge is -2.36. The third-order valence-corrected chi connectivity index (χ3v) is 5.32. The van der Waals surface area contributed by atoms with Crippen LogP contribution in [0.2, 0.25) is 0 Å². The number of pyridine rings is 1. The van der Waals surface area contributed by atoms with E-state index in [0.29, 0.717) is 23.6 Å². The van der Waals surface area contributed by atoms with Crippen LogP contribution in [-0.2, 0) is 0 Å². The van der Waals surface area contributed by atoms with E-state index in [0.717, 1.165) is 22.5 Å². The number of urea groups is 1. The lowest BCUT2D eigenvalue weighted by atomic mass is 10.0. The third-order valence-electron chi connectivity index (χ3n) is 5.32. The molecule has 2 N–H and O–H groups in total. The van der Waals surface area contributed by atoms with Gasteiger partial charge in [0, 0.05) is 29.6 Å². The second kappa shape index (κ2) is 9.55. The molecule has 166 valence electrons. The van der Waals surface area contributed by atoms with E-state index in [-0.39, 0.29) is 24.2 Å². The molecule has 1 saturated heterocycles. The van der Waals surface area contributed by atoms with Gasteiger partial charge < -0.3 is 5.32 Å². The summed E-state index contributed by atoms with van der Waals surface area (Å²) in [4.78, 5) is 36.7. The molecule has 0 atom stereocenters. The van der Waals surface area contributed by atoms with E-state index in [1.807, 2.05) is 45.0 Å². The zero-order valence-corrected chi connectivity index (χ0v) is 19.1. The molecular weight excluding hydrogens is 404 g/mol. The maximum absolute atomic E-state index is 13.2. The van der Waals surface area contributed by atoms with Gasteiger partial charge in [-0.1, -0.05) is 18.2 Å². The molecule has 32 heavy (non-hydrogen) atoms. The number of carbonyl (C=O) groups is 2. The predicted octanol–water partition coefficient (Wildman–Crippen LogP) is 4.21. The van der Waals surface area contributed by atoms with E-state index in [4.69, 9.17) is 5.41 Å². The molecule has 3 rings (SSSR count). The van der Waals surface area contributed by atoms with Crippen molar-refractivity contribution in [1.29, 1.82) is 5.41 Å². The average Bonchev–Trinajstić information content (AvgIpc) is 2.77. The molecule has 0 radical (unpaired) electrons. The summed E-state index contributed by atoms with van der Waals surface area (Å²) in [6, 6.07) is 8.88. The summed E-state index contributed by atoms with van der Waals surface area (Å²) in [5, 5.41) is 11.4. The number of aliphatic imine (C=N–C) groups is 1. The van der Waals surface area contributed by atoms with Gasteiger partial charge in [-0.05, 0) is 51.5 Å². The molecule has 2 amide bonds. The number of hydrogen-bond acceptors (Lipinski definition) is 5. The Bertz CT molecular complexity index is 1120. The van der Waals surface area contributed by atoms with Gasteiger partial charge >= 0.3 is 6.03 Å². The van der Waals surface area contributed by atoms with Crippen molar-refractivity contribution >= 4 is 34.9 Å². The number of allylic oxidation sites excluding steroid dienone is 1. The summed E-state index contributed by atoms with van der Waals surface area (Å²) in [5.74, 6) is 0.494. The van der Waals surface area contributed by atoms with Crippen LogP contribution in [-0.4, -0.2) is 53.5 Å². The standard InChI is InChI=1S/C24H28N6O2/c1-6-18-14-30(21-11-19(17(4)31)9-7-15(21)2)24(32)29(5)23(18)28-22(25)13-27-20-10-8-16(3)26-12-20/h6-12,25,27H,13-14H2,1-5H3/b18-6-,25-22?,28-23+. The highest BCUT2D eigenvalue weighted by atomic mass is 16.2. The van der Waals surface area contributed by atoms with Gasteiger partial charge in [-0.15, -0.1) is 0 Å². The molecule has 1 aromatic heterocycles. The van der Waals surface area contributed by atoms with Crippen molar-refractivity contribution in [3.05, 3.63) is 65.0 Å². The van der Waals surface area contributed by atoms with Crippen LogP contribution in [0.15, 0.2) is 53.2 Å². The fourth-order valence-electron chi connectivity index (χ4n) is 3.40. The zero-order valence-electron chi connectivity index (χ0n) is 19.1. The first-order valence-electron chi connectivity index (χ1n) is 10.4. The number of rotatable bonds is 5. The number of nitrogens with one attached hydrogen (secondary N) is 2. The first-order chi connectivity index (χ1) is 15.2. The normalized spacial score (nSPS) is 16.6. The molecule has 0 aliphatic carbocycles. The van der Waals surface area contributed by atoms with Gasteiger partial charge in [0.1, 0.15) is 11.7 Å². The number of Topliss-reactive ketones (excluding diaryl/α,β-unsaturated/α-hetero) is 1. The number of nitrogens with zero attached hydrogens (tertiary/aromatic N) is 4. The lowest BCUT2D eigenvalue weighted by molar-refractivity contribution is 0.101. The predicted molar refractivity (Wildman–Crippen MR) is 128 cm³/mol. The Morgan fingerprint density at radius 3 is 2.66 bits per heavy atom. The smallest absolute Gasteiger partial charge is 0.330 e. The SMILES string of the molecule is C/C=C1/CN(c2cc(C(C)=O)ccc2C)C(=O)N(C)/C1=N/C(=N)CNc1ccc(C)nc1. The summed E-state index contributed by atoms with van der Waals surface area (Å²) >= 11 is 0. The number of likely N-dealkylation sites (N-methyl/N-ethyl adjacent to an activating group) is 1. The van der Waals surface area contributed by atoms with Crippen molar-refractivity contribution < 1.29 is 9.59 Å². The Kier molecular flexibility index (Phi) is 6.82. The van der Waals surface area contributed by atoms with Gasteiger partial charge in [0.05, 0.1) is 25.0 Å². The summed E-state index contributed by atoms with van der Waals surface area (Å²) in [6.45, 7) is 7.72. The van der Waals surface area contributed by atoms with Crippen molar-refractivity contribution in [3.8, 4) is 0 Å². The van der Waals surface area contributed by atoms with Gasteiger partial charge in [0.2, 0.25) is 0 Å². The van der Waals surface area contributed by atoms with Crippen molar-refractivity contribution in [2.45, 2.75) is 27.7 Å². The molecule has 8 heteroatoms. The minimum atomic E-state index is -0.262. The Morgan fingerprint density at radius 2 is 2.03 bits per heavy atom. The second-order valence-corrected chi connectivity index (χ2v) is 7.72. The summed E-state index contributed by atoms with van der Waals surface area (Å²) in [5.41, 5.74) is 4.68. The van der Waals surface area contributed by atoms with E-state index < -0.39 is 0 Å². The van der Waals surface area contributed by atoms with Crippen LogP contribution in [0.3, 0.4) is 0 Å². The number of carbonyl (C=O) groups excluding carboxylic acids is 2. The van der Waals surface area contributed by atoms with Crippen LogP contribution in [0.5, 0.6) is 0 Å². The lowest BCUT2D eigenvalue weighted by Crippen LogP contribution is -2.52. The van der Waals surface area contributed by atoms with E-state index in [1.165, 1.54) is 11.8 Å². The Morgan fingerprint density at radius 1 is 1.28 bits per heavy atom. The number of aromatic nitrogens is 1. The number of aryl methyl sites for hydroxylation is 2. The second-order valence-electron chi connectivity index (χ2n) is 7.72. The van der Waals surface area contributed by atoms with Gasteiger partial charge in [0.15, 0.2) is 5.78 Å². The van der Waals surface area contributed by atoms with Gasteiger partial charge in [-0.3, -0.25) is 25.0 Å². The van der Waals surface area contributed by atoms with Crippen molar-refractivity contribution in [2.24, 2.45) is 4.99 Å². The van der Waals surface area contributed by atoms with E-state index in [9.17, 15) is 9.59 Å². The van der Waals surface area contributed by atoms with Crippen LogP contribution >= 0.6 is 0 Å². The molecule has 0 saturated carbocycles. The highest BCUT2D eigenvalue weighted by Crippen LogP contribution is 2.27. The van der Waals surface area contributed by atoms with Gasteiger partial charge in [-0.2, -0.15) is 0 Å². The number of ketones is 1. The van der Waals surface area contributed by atoms with Crippen molar-refractivity contribution in [1.82, 2.24) is 9.88 Å². The topological polar surface area (TPSA) is 102 Å². The van der Waals surface area contributed by atoms with Crippen LogP contribution < -0.4 is 10.2 Å². The first kappa shape index (κ1) is 22.9. The molecule has 0 bridgehead atoms.